The Morgan fingerprint density at radius 1 is 0.882 bits per heavy atom. The molecule has 0 saturated carbocycles. The van der Waals surface area contributed by atoms with Crippen LogP contribution in [0, 0.1) is 0 Å². The van der Waals surface area contributed by atoms with Crippen LogP contribution < -0.4 is 0 Å². The Labute approximate surface area is 110 Å². The molecule has 2 rings (SSSR count). The molecule has 0 aliphatic rings. The molecule has 0 radical (unpaired) electrons. The molecule has 0 aliphatic heterocycles. The van der Waals surface area contributed by atoms with E-state index in [4.69, 9.17) is 23.2 Å². The highest BCUT2D eigenvalue weighted by Gasteiger charge is 2.13. The molecule has 0 unspecified atom stereocenters. The fraction of sp³-hybridized carbons (Fsp3) is 0.0714. The van der Waals surface area contributed by atoms with Crippen molar-refractivity contribution in [3.05, 3.63) is 69.7 Å². The summed E-state index contributed by atoms with van der Waals surface area (Å²) in [6.07, 6.45) is 0.912. The molecule has 0 aliphatic carbocycles. The van der Waals surface area contributed by atoms with Gasteiger partial charge in [0.1, 0.15) is 6.29 Å². The van der Waals surface area contributed by atoms with Crippen molar-refractivity contribution in [2.24, 2.45) is 0 Å². The van der Waals surface area contributed by atoms with E-state index in [0.29, 0.717) is 10.0 Å². The van der Waals surface area contributed by atoms with Gasteiger partial charge in [0.15, 0.2) is 0 Å². The van der Waals surface area contributed by atoms with Crippen LogP contribution in [0.5, 0.6) is 0 Å². The number of hydrogen-bond acceptors (Lipinski definition) is 1. The molecule has 0 fully saturated rings. The van der Waals surface area contributed by atoms with Crippen LogP contribution in [0.2, 0.25) is 10.0 Å². The number of carbonyl (C=O) groups is 1. The lowest BCUT2D eigenvalue weighted by atomic mass is 9.93. The fourth-order valence-electron chi connectivity index (χ4n) is 1.72. The summed E-state index contributed by atoms with van der Waals surface area (Å²) < 4.78 is 0. The predicted octanol–water partition coefficient (Wildman–Crippen LogP) is 4.32. The summed E-state index contributed by atoms with van der Waals surface area (Å²) in [5, 5.41) is 0.958. The van der Waals surface area contributed by atoms with Gasteiger partial charge in [-0.1, -0.05) is 59.6 Å². The first-order valence-corrected chi connectivity index (χ1v) is 5.93. The van der Waals surface area contributed by atoms with E-state index in [2.05, 4.69) is 0 Å². The van der Waals surface area contributed by atoms with Gasteiger partial charge in [-0.15, -0.1) is 0 Å². The number of aldehydes is 1. The Bertz CT molecular complexity index is 523. The average molecular weight is 265 g/mol. The Morgan fingerprint density at radius 2 is 1.59 bits per heavy atom. The maximum atomic E-state index is 11.2. The predicted molar refractivity (Wildman–Crippen MR) is 70.8 cm³/mol. The highest BCUT2D eigenvalue weighted by Crippen LogP contribution is 2.29. The van der Waals surface area contributed by atoms with Gasteiger partial charge >= 0.3 is 0 Å². The lowest BCUT2D eigenvalue weighted by molar-refractivity contribution is -0.108. The van der Waals surface area contributed by atoms with Crippen LogP contribution in [0.4, 0.5) is 0 Å². The monoisotopic (exact) mass is 264 g/mol. The van der Waals surface area contributed by atoms with E-state index in [9.17, 15) is 4.79 Å². The first-order chi connectivity index (χ1) is 8.22. The van der Waals surface area contributed by atoms with Crippen molar-refractivity contribution in [1.82, 2.24) is 0 Å². The maximum absolute atomic E-state index is 11.2. The van der Waals surface area contributed by atoms with Gasteiger partial charge in [0.2, 0.25) is 0 Å². The third-order valence-corrected chi connectivity index (χ3v) is 3.34. The average Bonchev–Trinajstić information content (AvgIpc) is 2.36. The molecule has 0 N–H and O–H groups in total. The summed E-state index contributed by atoms with van der Waals surface area (Å²) in [7, 11) is 0. The van der Waals surface area contributed by atoms with E-state index in [1.54, 1.807) is 12.1 Å². The number of benzene rings is 2. The lowest BCUT2D eigenvalue weighted by Gasteiger charge is -2.11. The summed E-state index contributed by atoms with van der Waals surface area (Å²) in [5.41, 5.74) is 1.79. The van der Waals surface area contributed by atoms with Crippen LogP contribution >= 0.6 is 23.2 Å². The third-order valence-electron chi connectivity index (χ3n) is 2.60. The number of carbonyl (C=O) groups excluding carboxylic acids is 1. The van der Waals surface area contributed by atoms with Crippen molar-refractivity contribution in [2.45, 2.75) is 5.92 Å². The van der Waals surface area contributed by atoms with Crippen molar-refractivity contribution in [3.8, 4) is 0 Å². The van der Waals surface area contributed by atoms with E-state index >= 15 is 0 Å². The highest BCUT2D eigenvalue weighted by atomic mass is 35.5. The molecular formula is C14H10Cl2O. The molecular weight excluding hydrogens is 255 g/mol. The van der Waals surface area contributed by atoms with Gasteiger partial charge in [0.25, 0.3) is 0 Å². The van der Waals surface area contributed by atoms with Gasteiger partial charge in [-0.05, 0) is 23.3 Å². The van der Waals surface area contributed by atoms with Gasteiger partial charge < -0.3 is 4.79 Å². The summed E-state index contributed by atoms with van der Waals surface area (Å²) in [5.74, 6) is -0.300. The Balaban J connectivity index is 2.42. The molecule has 0 aromatic heterocycles. The first-order valence-electron chi connectivity index (χ1n) is 5.17. The second kappa shape index (κ2) is 5.35. The van der Waals surface area contributed by atoms with Crippen LogP contribution in [0.15, 0.2) is 48.5 Å². The maximum Gasteiger partial charge on any atom is 0.131 e. The molecule has 0 saturated heterocycles. The minimum absolute atomic E-state index is 0.300. The minimum Gasteiger partial charge on any atom is -0.302 e. The molecule has 0 amide bonds. The van der Waals surface area contributed by atoms with Crippen molar-refractivity contribution in [1.29, 1.82) is 0 Å². The smallest absolute Gasteiger partial charge is 0.131 e. The number of halogens is 2. The normalized spacial score (nSPS) is 12.1. The minimum atomic E-state index is -0.300. The van der Waals surface area contributed by atoms with E-state index < -0.39 is 0 Å². The molecule has 0 spiro atoms. The molecule has 0 heterocycles. The highest BCUT2D eigenvalue weighted by molar-refractivity contribution is 6.42. The number of hydrogen-bond donors (Lipinski definition) is 0. The van der Waals surface area contributed by atoms with Crippen molar-refractivity contribution in [2.75, 3.05) is 0 Å². The van der Waals surface area contributed by atoms with E-state index in [-0.39, 0.29) is 5.92 Å². The molecule has 1 nitrogen and oxygen atoms in total. The summed E-state index contributed by atoms with van der Waals surface area (Å²) in [4.78, 5) is 11.2. The Kier molecular flexibility index (Phi) is 3.82. The van der Waals surface area contributed by atoms with Crippen LogP contribution in [0.25, 0.3) is 0 Å². The third kappa shape index (κ3) is 2.68. The van der Waals surface area contributed by atoms with Crippen molar-refractivity contribution >= 4 is 29.5 Å². The molecule has 86 valence electrons. The van der Waals surface area contributed by atoms with Crippen LogP contribution in [-0.4, -0.2) is 6.29 Å². The topological polar surface area (TPSA) is 17.1 Å². The Hall–Kier alpha value is -1.31. The quantitative estimate of drug-likeness (QED) is 0.755. The SMILES string of the molecule is O=C[C@@H](c1ccccc1)c1ccc(Cl)c(Cl)c1. The zero-order valence-corrected chi connectivity index (χ0v) is 10.4. The zero-order valence-electron chi connectivity index (χ0n) is 8.94. The molecule has 3 heteroatoms. The second-order valence-corrected chi connectivity index (χ2v) is 4.51. The van der Waals surface area contributed by atoms with Gasteiger partial charge in [-0.2, -0.15) is 0 Å². The second-order valence-electron chi connectivity index (χ2n) is 3.70. The van der Waals surface area contributed by atoms with Gasteiger partial charge in [-0.3, -0.25) is 0 Å². The molecule has 17 heavy (non-hydrogen) atoms. The molecule has 2 aromatic carbocycles. The van der Waals surface area contributed by atoms with Crippen molar-refractivity contribution < 1.29 is 4.79 Å². The number of rotatable bonds is 3. The van der Waals surface area contributed by atoms with Gasteiger partial charge in [0, 0.05) is 0 Å². The van der Waals surface area contributed by atoms with E-state index in [1.165, 1.54) is 0 Å². The molecule has 0 bridgehead atoms. The van der Waals surface area contributed by atoms with Crippen LogP contribution in [0.3, 0.4) is 0 Å². The largest absolute Gasteiger partial charge is 0.302 e. The van der Waals surface area contributed by atoms with E-state index in [0.717, 1.165) is 17.4 Å². The van der Waals surface area contributed by atoms with Crippen LogP contribution in [-0.2, 0) is 4.79 Å². The summed E-state index contributed by atoms with van der Waals surface area (Å²) >= 11 is 11.8. The molecule has 2 aromatic rings. The first kappa shape index (κ1) is 12.2. The van der Waals surface area contributed by atoms with Gasteiger partial charge in [0.05, 0.1) is 16.0 Å². The molecule has 1 atom stereocenters. The van der Waals surface area contributed by atoms with E-state index in [1.807, 2.05) is 36.4 Å². The standard InChI is InChI=1S/C14H10Cl2O/c15-13-7-6-11(8-14(13)16)12(9-17)10-4-2-1-3-5-10/h1-9,12H/t12-/m0/s1. The van der Waals surface area contributed by atoms with Gasteiger partial charge in [-0.25, -0.2) is 0 Å². The lowest BCUT2D eigenvalue weighted by Crippen LogP contribution is -2.02. The summed E-state index contributed by atoms with van der Waals surface area (Å²) in [6.45, 7) is 0. The Morgan fingerprint density at radius 3 is 2.18 bits per heavy atom. The fourth-order valence-corrected chi connectivity index (χ4v) is 2.02. The zero-order chi connectivity index (χ0) is 12.3. The van der Waals surface area contributed by atoms with Crippen molar-refractivity contribution in [3.63, 3.8) is 0 Å². The summed E-state index contributed by atoms with van der Waals surface area (Å²) in [6, 6.07) is 14.8. The van der Waals surface area contributed by atoms with Crippen LogP contribution in [0.1, 0.15) is 17.0 Å².